The molecule has 5 heteroatoms. The molecule has 2 aromatic carbocycles. The van der Waals surface area contributed by atoms with E-state index < -0.39 is 0 Å². The van der Waals surface area contributed by atoms with Crippen LogP contribution in [0.1, 0.15) is 0 Å². The number of hydrazone groups is 1. The van der Waals surface area contributed by atoms with Gasteiger partial charge in [0.25, 0.3) is 0 Å². The van der Waals surface area contributed by atoms with Crippen LogP contribution in [-0.2, 0) is 0 Å². The van der Waals surface area contributed by atoms with Gasteiger partial charge in [-0.05, 0) is 29.3 Å². The molecule has 1 N–H and O–H groups in total. The summed E-state index contributed by atoms with van der Waals surface area (Å²) >= 11 is 0. The highest BCUT2D eigenvalue weighted by Crippen LogP contribution is 2.17. The molecule has 0 saturated carbocycles. The topological polar surface area (TPSA) is 30.9 Å². The predicted molar refractivity (Wildman–Crippen MR) is 68.4 cm³/mol. The van der Waals surface area contributed by atoms with Gasteiger partial charge in [-0.2, -0.15) is 0 Å². The number of anilines is 2. The van der Waals surface area contributed by atoms with Crippen molar-refractivity contribution in [1.82, 2.24) is 5.53 Å². The Morgan fingerprint density at radius 1 is 0.833 bits per heavy atom. The fraction of sp³-hybridized carbons (Fsp3) is 0. The summed E-state index contributed by atoms with van der Waals surface area (Å²) in [5.41, 5.74) is 5.08. The van der Waals surface area contributed by atoms with Crippen LogP contribution in [0.3, 0.4) is 0 Å². The highest BCUT2D eigenvalue weighted by atomic mass is 79.9. The van der Waals surface area contributed by atoms with Crippen molar-refractivity contribution in [2.75, 3.05) is 10.1 Å². The Morgan fingerprint density at radius 3 is 2.00 bits per heavy atom. The lowest BCUT2D eigenvalue weighted by Gasteiger charge is -2.11. The molecule has 2 aromatic rings. The van der Waals surface area contributed by atoms with Crippen LogP contribution < -0.4 is 32.6 Å². The average molecular weight is 303 g/mol. The number of nitrogens with one attached hydrogen (secondary N) is 1. The summed E-state index contributed by atoms with van der Waals surface area (Å²) in [6.07, 6.45) is 2.89. The van der Waals surface area contributed by atoms with Gasteiger partial charge in [-0.25, -0.2) is 0 Å². The Morgan fingerprint density at radius 2 is 1.39 bits per heavy atom. The minimum absolute atomic E-state index is 0. The molecule has 0 fully saturated rings. The van der Waals surface area contributed by atoms with E-state index in [1.165, 1.54) is 0 Å². The van der Waals surface area contributed by atoms with Crippen molar-refractivity contribution in [1.29, 1.82) is 0 Å². The van der Waals surface area contributed by atoms with E-state index >= 15 is 0 Å². The Hall–Kier alpha value is -1.94. The molecular weight excluding hydrogens is 292 g/mol. The van der Waals surface area contributed by atoms with E-state index in [2.05, 4.69) is 17.0 Å². The molecule has 1 aliphatic rings. The van der Waals surface area contributed by atoms with E-state index in [0.29, 0.717) is 0 Å². The highest BCUT2D eigenvalue weighted by molar-refractivity contribution is 5.81. The van der Waals surface area contributed by atoms with Gasteiger partial charge in [-0.1, -0.05) is 29.8 Å². The van der Waals surface area contributed by atoms with Crippen molar-refractivity contribution in [3.8, 4) is 0 Å². The van der Waals surface area contributed by atoms with Crippen LogP contribution in [-0.4, -0.2) is 6.34 Å². The van der Waals surface area contributed by atoms with Gasteiger partial charge < -0.3 is 17.0 Å². The maximum absolute atomic E-state index is 4.16. The Balaban J connectivity index is 0.00000120. The summed E-state index contributed by atoms with van der Waals surface area (Å²) in [7, 11) is 0. The average Bonchev–Trinajstić information content (AvgIpc) is 2.90. The number of hydrogen-bond acceptors (Lipinski definition) is 4. The van der Waals surface area contributed by atoms with E-state index in [-0.39, 0.29) is 17.0 Å². The van der Waals surface area contributed by atoms with E-state index in [0.717, 1.165) is 11.4 Å². The van der Waals surface area contributed by atoms with Gasteiger partial charge in [-0.3, -0.25) is 0 Å². The smallest absolute Gasteiger partial charge is 0.362 e. The lowest BCUT2D eigenvalue weighted by Crippen LogP contribution is -3.00. The SMILES string of the molecule is [Br-].[C+]1=NN(c2ccccc2)NN1c1ccccc1. The fourth-order valence-electron chi connectivity index (χ4n) is 1.61. The molecule has 0 radical (unpaired) electrons. The summed E-state index contributed by atoms with van der Waals surface area (Å²) in [5.74, 6) is 0. The number of hydrazine groups is 2. The summed E-state index contributed by atoms with van der Waals surface area (Å²) in [6, 6.07) is 19.8. The van der Waals surface area contributed by atoms with Crippen molar-refractivity contribution < 1.29 is 17.0 Å². The number of nitrogens with zero attached hydrogens (tertiary/aromatic N) is 3. The van der Waals surface area contributed by atoms with Crippen LogP contribution in [0, 0.1) is 0 Å². The molecule has 1 heterocycles. The van der Waals surface area contributed by atoms with Gasteiger partial charge in [0.05, 0.1) is 5.69 Å². The first kappa shape index (κ1) is 12.5. The third kappa shape index (κ3) is 2.49. The van der Waals surface area contributed by atoms with Gasteiger partial charge in [0.2, 0.25) is 5.69 Å². The van der Waals surface area contributed by atoms with Gasteiger partial charge in [0.15, 0.2) is 0 Å². The molecule has 4 nitrogen and oxygen atoms in total. The van der Waals surface area contributed by atoms with E-state index in [1.807, 2.05) is 60.7 Å². The number of para-hydroxylation sites is 2. The number of halogens is 1. The first-order valence-electron chi connectivity index (χ1n) is 5.36. The van der Waals surface area contributed by atoms with Gasteiger partial charge >= 0.3 is 6.34 Å². The van der Waals surface area contributed by atoms with Crippen LogP contribution >= 0.6 is 0 Å². The van der Waals surface area contributed by atoms with Crippen LogP contribution in [0.5, 0.6) is 0 Å². The van der Waals surface area contributed by atoms with Crippen LogP contribution in [0.15, 0.2) is 65.8 Å². The summed E-state index contributed by atoms with van der Waals surface area (Å²) < 4.78 is 0. The van der Waals surface area contributed by atoms with E-state index in [9.17, 15) is 0 Å². The second-order valence-electron chi connectivity index (χ2n) is 3.62. The van der Waals surface area contributed by atoms with Crippen molar-refractivity contribution in [3.63, 3.8) is 0 Å². The van der Waals surface area contributed by atoms with Crippen LogP contribution in [0.25, 0.3) is 0 Å². The van der Waals surface area contributed by atoms with Gasteiger partial charge in [0.1, 0.15) is 0 Å². The fourth-order valence-corrected chi connectivity index (χ4v) is 1.61. The molecule has 0 spiro atoms. The van der Waals surface area contributed by atoms with Gasteiger partial charge in [0, 0.05) is 17.2 Å². The van der Waals surface area contributed by atoms with Crippen LogP contribution in [0.4, 0.5) is 11.4 Å². The maximum atomic E-state index is 4.16. The summed E-state index contributed by atoms with van der Waals surface area (Å²) in [6.45, 7) is 0. The normalized spacial score (nSPS) is 13.1. The number of rotatable bonds is 2. The second-order valence-corrected chi connectivity index (χ2v) is 3.62. The van der Waals surface area contributed by atoms with Crippen molar-refractivity contribution in [2.45, 2.75) is 0 Å². The molecule has 0 aliphatic carbocycles. The molecule has 0 amide bonds. The van der Waals surface area contributed by atoms with Crippen molar-refractivity contribution in [3.05, 3.63) is 60.7 Å². The predicted octanol–water partition coefficient (Wildman–Crippen LogP) is -0.743. The number of benzene rings is 2. The minimum atomic E-state index is 0. The Bertz CT molecular complexity index is 468. The highest BCUT2D eigenvalue weighted by Gasteiger charge is 2.26. The van der Waals surface area contributed by atoms with Crippen molar-refractivity contribution in [2.24, 2.45) is 5.10 Å². The monoisotopic (exact) mass is 302 g/mol. The number of hydrogen-bond donors (Lipinski definition) is 1. The quantitative estimate of drug-likeness (QED) is 0.741. The summed E-state index contributed by atoms with van der Waals surface area (Å²) in [5, 5.41) is 7.58. The Labute approximate surface area is 116 Å². The molecule has 90 valence electrons. The molecule has 18 heavy (non-hydrogen) atoms. The first-order chi connectivity index (χ1) is 8.43. The zero-order valence-corrected chi connectivity index (χ0v) is 11.1. The standard InChI is InChI=1S/C13H11N4.BrH/c1-3-7-12(8-4-1)16-11-14-17(15-16)13-9-5-2-6-10-13;/h1-10,15H;1H/q+1;/p-1. The Kier molecular flexibility index (Phi) is 3.89. The lowest BCUT2D eigenvalue weighted by atomic mass is 10.3. The molecule has 0 saturated heterocycles. The molecular formula is C13H11BrN4. The molecule has 3 rings (SSSR count). The molecule has 0 atom stereocenters. The van der Waals surface area contributed by atoms with E-state index in [1.54, 1.807) is 10.1 Å². The summed E-state index contributed by atoms with van der Waals surface area (Å²) in [4.78, 5) is 0. The third-order valence-electron chi connectivity index (χ3n) is 2.45. The lowest BCUT2D eigenvalue weighted by molar-refractivity contribution is -0.00000336. The van der Waals surface area contributed by atoms with Crippen molar-refractivity contribution >= 4 is 17.7 Å². The third-order valence-corrected chi connectivity index (χ3v) is 2.45. The maximum Gasteiger partial charge on any atom is 0.362 e. The second kappa shape index (κ2) is 5.60. The van der Waals surface area contributed by atoms with Crippen LogP contribution in [0.2, 0.25) is 0 Å². The largest absolute Gasteiger partial charge is 1.00 e. The molecule has 0 aromatic heterocycles. The molecule has 0 unspecified atom stereocenters. The molecule has 0 bridgehead atoms. The van der Waals surface area contributed by atoms with Gasteiger partial charge in [-0.15, -0.1) is 5.12 Å². The first-order valence-corrected chi connectivity index (χ1v) is 5.36. The molecule has 1 aliphatic heterocycles. The zero-order chi connectivity index (χ0) is 11.5. The zero-order valence-electron chi connectivity index (χ0n) is 9.49. The minimum Gasteiger partial charge on any atom is -1.00 e. The van der Waals surface area contributed by atoms with E-state index in [4.69, 9.17) is 0 Å².